The van der Waals surface area contributed by atoms with Crippen molar-refractivity contribution >= 4 is 39.8 Å². The fourth-order valence-electron chi connectivity index (χ4n) is 2.93. The average Bonchev–Trinajstić information content (AvgIpc) is 3.11. The summed E-state index contributed by atoms with van der Waals surface area (Å²) in [5, 5.41) is 14.9. The molecule has 0 bridgehead atoms. The lowest BCUT2D eigenvalue weighted by Crippen LogP contribution is -2.20. The minimum atomic E-state index is -1.13. The third-order valence-corrected chi connectivity index (χ3v) is 5.35. The fourth-order valence-corrected chi connectivity index (χ4v) is 4.01. The Morgan fingerprint density at radius 3 is 2.57 bits per heavy atom. The first kappa shape index (κ1) is 18.3. The smallest absolute Gasteiger partial charge is 0.339 e. The topological polar surface area (TPSA) is 84.9 Å². The number of hydrogen-bond donors (Lipinski definition) is 2. The number of carbonyl (C=O) groups is 2. The van der Waals surface area contributed by atoms with Crippen LogP contribution in [-0.4, -0.2) is 30.2 Å². The molecule has 1 aliphatic rings. The minimum absolute atomic E-state index is 0.0302. The number of hydrogen-bond acceptors (Lipinski definition) is 5. The maximum absolute atomic E-state index is 12.8. The predicted molar refractivity (Wildman–Crippen MR) is 107 cm³/mol. The molecule has 3 aromatic rings. The van der Waals surface area contributed by atoms with E-state index >= 15 is 0 Å². The van der Waals surface area contributed by atoms with Crippen LogP contribution in [-0.2, 0) is 0 Å². The lowest BCUT2D eigenvalue weighted by molar-refractivity contribution is 0.0699. The Balaban J connectivity index is 1.68. The number of rotatable bonds is 4. The zero-order chi connectivity index (χ0) is 19.7. The van der Waals surface area contributed by atoms with E-state index in [1.54, 1.807) is 47.8 Å². The second-order valence-corrected chi connectivity index (χ2v) is 7.27. The van der Waals surface area contributed by atoms with Crippen molar-refractivity contribution in [2.45, 2.75) is 0 Å². The van der Waals surface area contributed by atoms with Crippen molar-refractivity contribution in [3.8, 4) is 22.6 Å². The summed E-state index contributed by atoms with van der Waals surface area (Å²) in [6.45, 7) is 0.758. The number of nitrogens with one attached hydrogen (secondary N) is 1. The van der Waals surface area contributed by atoms with Crippen molar-refractivity contribution < 1.29 is 24.2 Å². The molecule has 4 rings (SSSR count). The van der Waals surface area contributed by atoms with E-state index in [1.165, 1.54) is 0 Å². The third kappa shape index (κ3) is 3.42. The Morgan fingerprint density at radius 1 is 1.07 bits per heavy atom. The zero-order valence-electron chi connectivity index (χ0n) is 14.4. The maximum atomic E-state index is 12.8. The molecule has 0 atom stereocenters. The van der Waals surface area contributed by atoms with Gasteiger partial charge in [-0.1, -0.05) is 29.8 Å². The molecule has 28 heavy (non-hydrogen) atoms. The zero-order valence-corrected chi connectivity index (χ0v) is 16.0. The molecule has 8 heteroatoms. The van der Waals surface area contributed by atoms with Gasteiger partial charge in [0.1, 0.15) is 23.8 Å². The highest BCUT2D eigenvalue weighted by Crippen LogP contribution is 2.38. The second-order valence-electron chi connectivity index (χ2n) is 5.95. The van der Waals surface area contributed by atoms with Crippen LogP contribution in [0.2, 0.25) is 5.02 Å². The summed E-state index contributed by atoms with van der Waals surface area (Å²) in [5.41, 5.74) is 1.53. The number of thiophene rings is 1. The minimum Gasteiger partial charge on any atom is -0.486 e. The molecule has 1 aromatic heterocycles. The monoisotopic (exact) mass is 415 g/mol. The largest absolute Gasteiger partial charge is 0.486 e. The Morgan fingerprint density at radius 2 is 1.82 bits per heavy atom. The van der Waals surface area contributed by atoms with Crippen molar-refractivity contribution in [2.24, 2.45) is 0 Å². The van der Waals surface area contributed by atoms with E-state index in [1.807, 2.05) is 0 Å². The van der Waals surface area contributed by atoms with Gasteiger partial charge in [0, 0.05) is 16.0 Å². The van der Waals surface area contributed by atoms with Crippen molar-refractivity contribution in [3.05, 3.63) is 64.0 Å². The first-order valence-corrected chi connectivity index (χ1v) is 9.61. The van der Waals surface area contributed by atoms with Gasteiger partial charge in [-0.25, -0.2) is 4.79 Å². The molecule has 6 nitrogen and oxygen atoms in total. The highest BCUT2D eigenvalue weighted by Gasteiger charge is 2.24. The molecule has 0 unspecified atom stereocenters. The molecule has 0 fully saturated rings. The number of carboxylic acids is 1. The Hall–Kier alpha value is -3.03. The summed E-state index contributed by atoms with van der Waals surface area (Å²) in [6, 6.07) is 11.9. The van der Waals surface area contributed by atoms with E-state index < -0.39 is 11.9 Å². The summed E-state index contributed by atoms with van der Waals surface area (Å²) in [7, 11) is 0. The van der Waals surface area contributed by atoms with Crippen molar-refractivity contribution in [3.63, 3.8) is 0 Å². The van der Waals surface area contributed by atoms with Crippen LogP contribution in [0.5, 0.6) is 11.5 Å². The van der Waals surface area contributed by atoms with Gasteiger partial charge in [0.15, 0.2) is 11.5 Å². The first-order chi connectivity index (χ1) is 13.5. The van der Waals surface area contributed by atoms with Crippen LogP contribution in [0.3, 0.4) is 0 Å². The van der Waals surface area contributed by atoms with E-state index in [-0.39, 0.29) is 16.1 Å². The molecule has 2 heterocycles. The number of amides is 1. The van der Waals surface area contributed by atoms with Gasteiger partial charge in [-0.3, -0.25) is 4.79 Å². The van der Waals surface area contributed by atoms with Crippen molar-refractivity contribution in [1.29, 1.82) is 0 Å². The molecule has 142 valence electrons. The van der Waals surface area contributed by atoms with E-state index in [9.17, 15) is 14.7 Å². The number of anilines is 1. The third-order valence-electron chi connectivity index (χ3n) is 4.20. The molecule has 0 saturated heterocycles. The summed E-state index contributed by atoms with van der Waals surface area (Å²) in [5.74, 6) is -0.742. The molecule has 0 spiro atoms. The number of para-hydroxylation sites is 1. The molecular formula is C20H14ClNO5S. The molecular weight excluding hydrogens is 402 g/mol. The SMILES string of the molecule is O=C(Nc1scc(-c2ccc(Cl)cc2)c1C(=O)O)c1cccc2c1OCCO2. The summed E-state index contributed by atoms with van der Waals surface area (Å²) in [6.07, 6.45) is 0. The maximum Gasteiger partial charge on any atom is 0.339 e. The standard InChI is InChI=1S/C20H14ClNO5S/c21-12-6-4-11(5-7-12)14-10-28-19(16(14)20(24)25)22-18(23)13-2-1-3-15-17(13)27-9-8-26-15/h1-7,10H,8-9H2,(H,22,23)(H,24,25). The van der Waals surface area contributed by atoms with Crippen LogP contribution in [0.1, 0.15) is 20.7 Å². The fraction of sp³-hybridized carbons (Fsp3) is 0.100. The van der Waals surface area contributed by atoms with Gasteiger partial charge in [-0.05, 0) is 29.8 Å². The van der Waals surface area contributed by atoms with Crippen LogP contribution < -0.4 is 14.8 Å². The van der Waals surface area contributed by atoms with Gasteiger partial charge < -0.3 is 19.9 Å². The van der Waals surface area contributed by atoms with Crippen molar-refractivity contribution in [1.82, 2.24) is 0 Å². The van der Waals surface area contributed by atoms with Gasteiger partial charge in [0.05, 0.1) is 5.56 Å². The predicted octanol–water partition coefficient (Wildman–Crippen LogP) is 4.79. The number of ether oxygens (including phenoxy) is 2. The van der Waals surface area contributed by atoms with Gasteiger partial charge in [-0.2, -0.15) is 0 Å². The van der Waals surface area contributed by atoms with E-state index in [0.717, 1.165) is 11.3 Å². The molecule has 1 amide bonds. The van der Waals surface area contributed by atoms with E-state index in [2.05, 4.69) is 5.32 Å². The summed E-state index contributed by atoms with van der Waals surface area (Å²) >= 11 is 7.05. The van der Waals surface area contributed by atoms with Gasteiger partial charge in [0.2, 0.25) is 0 Å². The Bertz CT molecular complexity index is 1060. The lowest BCUT2D eigenvalue weighted by atomic mass is 10.0. The van der Waals surface area contributed by atoms with Crippen LogP contribution in [0.25, 0.3) is 11.1 Å². The highest BCUT2D eigenvalue weighted by atomic mass is 35.5. The van der Waals surface area contributed by atoms with Crippen LogP contribution in [0.4, 0.5) is 5.00 Å². The van der Waals surface area contributed by atoms with Crippen LogP contribution >= 0.6 is 22.9 Å². The number of carbonyl (C=O) groups excluding carboxylic acids is 1. The summed E-state index contributed by atoms with van der Waals surface area (Å²) in [4.78, 5) is 24.7. The molecule has 1 aliphatic heterocycles. The van der Waals surface area contributed by atoms with E-state index in [0.29, 0.717) is 40.9 Å². The quantitative estimate of drug-likeness (QED) is 0.640. The average molecular weight is 416 g/mol. The normalized spacial score (nSPS) is 12.5. The van der Waals surface area contributed by atoms with Gasteiger partial charge >= 0.3 is 5.97 Å². The number of carboxylic acid groups (broad SMARTS) is 1. The summed E-state index contributed by atoms with van der Waals surface area (Å²) < 4.78 is 11.1. The van der Waals surface area contributed by atoms with Crippen LogP contribution in [0, 0.1) is 0 Å². The molecule has 0 saturated carbocycles. The Labute approximate surface area is 169 Å². The molecule has 2 aromatic carbocycles. The first-order valence-electron chi connectivity index (χ1n) is 8.35. The second kappa shape index (κ2) is 7.53. The number of fused-ring (bicyclic) bond motifs is 1. The van der Waals surface area contributed by atoms with E-state index in [4.69, 9.17) is 21.1 Å². The number of benzene rings is 2. The van der Waals surface area contributed by atoms with Gasteiger partial charge in [-0.15, -0.1) is 11.3 Å². The molecule has 2 N–H and O–H groups in total. The van der Waals surface area contributed by atoms with Crippen molar-refractivity contribution in [2.75, 3.05) is 18.5 Å². The highest BCUT2D eigenvalue weighted by molar-refractivity contribution is 7.15. The molecule has 0 radical (unpaired) electrons. The number of halogens is 1. The Kier molecular flexibility index (Phi) is 4.93. The lowest BCUT2D eigenvalue weighted by Gasteiger charge is -2.20. The van der Waals surface area contributed by atoms with Crippen LogP contribution in [0.15, 0.2) is 47.8 Å². The number of aromatic carboxylic acids is 1. The van der Waals surface area contributed by atoms with Gasteiger partial charge in [0.25, 0.3) is 5.91 Å². The molecule has 0 aliphatic carbocycles.